The van der Waals surface area contributed by atoms with E-state index in [-0.39, 0.29) is 5.91 Å². The average molecular weight is 390 g/mol. The first-order valence-corrected chi connectivity index (χ1v) is 10.4. The maximum atomic E-state index is 12.5. The second-order valence-corrected chi connectivity index (χ2v) is 8.12. The molecule has 0 atom stereocenters. The summed E-state index contributed by atoms with van der Waals surface area (Å²) in [6.45, 7) is 2.28. The topological polar surface area (TPSA) is 68.5 Å². The minimum Gasteiger partial charge on any atom is -0.497 e. The van der Waals surface area contributed by atoms with Crippen molar-refractivity contribution in [3.63, 3.8) is 0 Å². The van der Waals surface area contributed by atoms with Gasteiger partial charge < -0.3 is 14.1 Å². The van der Waals surface area contributed by atoms with Gasteiger partial charge in [-0.3, -0.25) is 4.79 Å². The molecule has 0 radical (unpaired) electrons. The summed E-state index contributed by atoms with van der Waals surface area (Å²) in [7, 11) is 3.55. The summed E-state index contributed by atoms with van der Waals surface area (Å²) in [6.07, 6.45) is 5.16. The first-order chi connectivity index (χ1) is 13.0. The number of hydrogen-bond acceptors (Lipinski definition) is 6. The monoisotopic (exact) mass is 389 g/mol. The van der Waals surface area contributed by atoms with Crippen LogP contribution in [0.15, 0.2) is 33.9 Å². The number of thioether (sulfide) groups is 1. The molecule has 1 aliphatic carbocycles. The van der Waals surface area contributed by atoms with Gasteiger partial charge in [-0.05, 0) is 49.3 Å². The largest absolute Gasteiger partial charge is 0.497 e. The van der Waals surface area contributed by atoms with Gasteiger partial charge in [0.25, 0.3) is 5.22 Å². The summed E-state index contributed by atoms with van der Waals surface area (Å²) < 4.78 is 10.8. The van der Waals surface area contributed by atoms with Gasteiger partial charge in [0.1, 0.15) is 5.75 Å². The molecule has 2 aromatic rings. The second-order valence-electron chi connectivity index (χ2n) is 7.19. The lowest BCUT2D eigenvalue weighted by Crippen LogP contribution is -2.40. The van der Waals surface area contributed by atoms with Crippen molar-refractivity contribution >= 4 is 17.7 Å². The zero-order chi connectivity index (χ0) is 19.2. The van der Waals surface area contributed by atoms with Crippen molar-refractivity contribution in [1.82, 2.24) is 15.1 Å². The van der Waals surface area contributed by atoms with Crippen LogP contribution < -0.4 is 4.74 Å². The second kappa shape index (κ2) is 9.26. The molecule has 1 amide bonds. The number of rotatable bonds is 7. The van der Waals surface area contributed by atoms with Crippen LogP contribution in [0.1, 0.15) is 44.1 Å². The minimum absolute atomic E-state index is 0.120. The number of benzene rings is 1. The lowest BCUT2D eigenvalue weighted by molar-refractivity contribution is -0.129. The summed E-state index contributed by atoms with van der Waals surface area (Å²) in [5.41, 5.74) is 1.07. The van der Waals surface area contributed by atoms with Crippen LogP contribution in [0.3, 0.4) is 0 Å². The van der Waals surface area contributed by atoms with E-state index in [1.165, 1.54) is 24.6 Å². The highest BCUT2D eigenvalue weighted by Gasteiger charge is 2.25. The average Bonchev–Trinajstić information content (AvgIpc) is 3.14. The van der Waals surface area contributed by atoms with Crippen LogP contribution in [0, 0.1) is 5.92 Å². The van der Waals surface area contributed by atoms with E-state index < -0.39 is 0 Å². The van der Waals surface area contributed by atoms with Crippen LogP contribution in [-0.2, 0) is 11.2 Å². The van der Waals surface area contributed by atoms with E-state index in [1.807, 2.05) is 36.2 Å². The fourth-order valence-electron chi connectivity index (χ4n) is 3.34. The van der Waals surface area contributed by atoms with Crippen molar-refractivity contribution in [3.05, 3.63) is 35.7 Å². The molecule has 0 bridgehead atoms. The van der Waals surface area contributed by atoms with Crippen LogP contribution in [-0.4, -0.2) is 47.0 Å². The number of ether oxygens (including phenoxy) is 1. The van der Waals surface area contributed by atoms with Gasteiger partial charge >= 0.3 is 0 Å². The van der Waals surface area contributed by atoms with Crippen molar-refractivity contribution in [2.75, 3.05) is 19.9 Å². The van der Waals surface area contributed by atoms with Gasteiger partial charge in [-0.15, -0.1) is 10.2 Å². The Balaban J connectivity index is 1.47. The molecule has 7 heteroatoms. The predicted molar refractivity (Wildman–Crippen MR) is 105 cm³/mol. The normalized spacial score (nSPS) is 19.7. The molecule has 0 spiro atoms. The van der Waals surface area contributed by atoms with Crippen molar-refractivity contribution in [3.8, 4) is 5.75 Å². The molecule has 1 saturated carbocycles. The molecule has 3 rings (SSSR count). The molecule has 1 fully saturated rings. The zero-order valence-corrected chi connectivity index (χ0v) is 17.0. The number of aromatic nitrogens is 2. The number of amides is 1. The van der Waals surface area contributed by atoms with Crippen molar-refractivity contribution in [2.45, 2.75) is 50.3 Å². The van der Waals surface area contributed by atoms with Crippen LogP contribution in [0.4, 0.5) is 0 Å². The van der Waals surface area contributed by atoms with Crippen molar-refractivity contribution in [1.29, 1.82) is 0 Å². The summed E-state index contributed by atoms with van der Waals surface area (Å²) in [4.78, 5) is 14.4. The Labute approximate surface area is 164 Å². The lowest BCUT2D eigenvalue weighted by Gasteiger charge is -2.33. The molecule has 0 N–H and O–H groups in total. The van der Waals surface area contributed by atoms with Gasteiger partial charge in [-0.1, -0.05) is 30.8 Å². The van der Waals surface area contributed by atoms with Gasteiger partial charge in [-0.25, -0.2) is 0 Å². The molecule has 1 aromatic carbocycles. The van der Waals surface area contributed by atoms with Gasteiger partial charge in [0.15, 0.2) is 0 Å². The van der Waals surface area contributed by atoms with E-state index in [2.05, 4.69) is 17.1 Å². The summed E-state index contributed by atoms with van der Waals surface area (Å²) >= 11 is 1.31. The van der Waals surface area contributed by atoms with Gasteiger partial charge in [0.2, 0.25) is 11.8 Å². The predicted octanol–water partition coefficient (Wildman–Crippen LogP) is 3.80. The molecular weight excluding hydrogens is 362 g/mol. The SMILES string of the molecule is COc1ccc(Cc2nnc(SCC(=O)N(C)C3CCC(C)CC3)o2)cc1. The van der Waals surface area contributed by atoms with E-state index in [0.717, 1.165) is 30.1 Å². The van der Waals surface area contributed by atoms with Gasteiger partial charge in [0.05, 0.1) is 19.3 Å². The summed E-state index contributed by atoms with van der Waals surface area (Å²) in [6, 6.07) is 8.12. The molecule has 27 heavy (non-hydrogen) atoms. The molecule has 0 saturated heterocycles. The Bertz CT molecular complexity index is 739. The first kappa shape index (κ1) is 19.7. The fourth-order valence-corrected chi connectivity index (χ4v) is 4.05. The van der Waals surface area contributed by atoms with E-state index in [0.29, 0.717) is 29.3 Å². The molecule has 1 aliphatic rings. The van der Waals surface area contributed by atoms with Crippen molar-refractivity contribution < 1.29 is 13.9 Å². The van der Waals surface area contributed by atoms with E-state index in [4.69, 9.17) is 9.15 Å². The standard InChI is InChI=1S/C20H27N3O3S/c1-14-4-8-16(9-5-14)23(2)19(24)13-27-20-22-21-18(26-20)12-15-6-10-17(25-3)11-7-15/h6-7,10-11,14,16H,4-5,8-9,12-13H2,1-3H3. The van der Waals surface area contributed by atoms with Crippen LogP contribution in [0.25, 0.3) is 0 Å². The maximum absolute atomic E-state index is 12.5. The minimum atomic E-state index is 0.120. The molecule has 0 unspecified atom stereocenters. The number of nitrogens with zero attached hydrogens (tertiary/aromatic N) is 3. The third kappa shape index (κ3) is 5.48. The number of carbonyl (C=O) groups excluding carboxylic acids is 1. The number of hydrogen-bond donors (Lipinski definition) is 0. The quantitative estimate of drug-likeness (QED) is 0.671. The third-order valence-electron chi connectivity index (χ3n) is 5.21. The zero-order valence-electron chi connectivity index (χ0n) is 16.2. The van der Waals surface area contributed by atoms with Gasteiger partial charge in [0, 0.05) is 13.1 Å². The van der Waals surface area contributed by atoms with E-state index in [9.17, 15) is 4.79 Å². The molecule has 6 nitrogen and oxygen atoms in total. The Morgan fingerprint density at radius 1 is 1.22 bits per heavy atom. The highest BCUT2D eigenvalue weighted by atomic mass is 32.2. The summed E-state index contributed by atoms with van der Waals surface area (Å²) in [5, 5.41) is 8.57. The Morgan fingerprint density at radius 3 is 2.59 bits per heavy atom. The highest BCUT2D eigenvalue weighted by Crippen LogP contribution is 2.27. The Morgan fingerprint density at radius 2 is 1.93 bits per heavy atom. The van der Waals surface area contributed by atoms with Crippen LogP contribution >= 0.6 is 11.8 Å². The Hall–Kier alpha value is -2.02. The van der Waals surface area contributed by atoms with Crippen molar-refractivity contribution in [2.24, 2.45) is 5.92 Å². The first-order valence-electron chi connectivity index (χ1n) is 9.39. The summed E-state index contributed by atoms with van der Waals surface area (Å²) in [5.74, 6) is 2.59. The number of carbonyl (C=O) groups is 1. The molecule has 1 aromatic heterocycles. The van der Waals surface area contributed by atoms with E-state index >= 15 is 0 Å². The highest BCUT2D eigenvalue weighted by molar-refractivity contribution is 7.99. The molecule has 0 aliphatic heterocycles. The maximum Gasteiger partial charge on any atom is 0.277 e. The van der Waals surface area contributed by atoms with Gasteiger partial charge in [-0.2, -0.15) is 0 Å². The van der Waals surface area contributed by atoms with E-state index in [1.54, 1.807) is 7.11 Å². The molecule has 1 heterocycles. The number of methoxy groups -OCH3 is 1. The van der Waals surface area contributed by atoms with Crippen LogP contribution in [0.5, 0.6) is 5.75 Å². The lowest BCUT2D eigenvalue weighted by atomic mass is 9.87. The third-order valence-corrected chi connectivity index (χ3v) is 6.01. The Kier molecular flexibility index (Phi) is 6.77. The van der Waals surface area contributed by atoms with Crippen LogP contribution in [0.2, 0.25) is 0 Å². The smallest absolute Gasteiger partial charge is 0.277 e. The molecule has 146 valence electrons. The molecular formula is C20H27N3O3S. The fraction of sp³-hybridized carbons (Fsp3) is 0.550.